The first kappa shape index (κ1) is 18.1. The van der Waals surface area contributed by atoms with Crippen LogP contribution in [-0.2, 0) is 6.42 Å². The van der Waals surface area contributed by atoms with Crippen LogP contribution in [0, 0.1) is 0 Å². The highest BCUT2D eigenvalue weighted by Crippen LogP contribution is 2.49. The lowest BCUT2D eigenvalue weighted by atomic mass is 9.90. The Hall–Kier alpha value is -2.27. The molecule has 2 aromatic rings. The van der Waals surface area contributed by atoms with E-state index in [1.165, 1.54) is 0 Å². The minimum atomic E-state index is -0.646. The number of carbonyl (C=O) groups excluding carboxylic acids is 1. The fraction of sp³-hybridized carbons (Fsp3) is 0.429. The maximum atomic E-state index is 12.8. The molecule has 4 rings (SSSR count). The minimum absolute atomic E-state index is 0.0417. The molecular formula is C21H21ClO5. The number of halogens is 1. The molecule has 1 aromatic heterocycles. The largest absolute Gasteiger partial charge is 0.489 e. The van der Waals surface area contributed by atoms with E-state index in [1.54, 1.807) is 0 Å². The van der Waals surface area contributed by atoms with Crippen LogP contribution in [0.25, 0.3) is 17.0 Å². The highest BCUT2D eigenvalue weighted by Gasteiger charge is 2.37. The third-order valence-corrected chi connectivity index (χ3v) is 5.31. The molecule has 0 spiro atoms. The quantitative estimate of drug-likeness (QED) is 0.682. The Morgan fingerprint density at radius 1 is 1.26 bits per heavy atom. The van der Waals surface area contributed by atoms with Crippen molar-refractivity contribution in [3.8, 4) is 11.5 Å². The van der Waals surface area contributed by atoms with Gasteiger partial charge < -0.3 is 13.9 Å². The van der Waals surface area contributed by atoms with Gasteiger partial charge in [0, 0.05) is 6.42 Å². The highest BCUT2D eigenvalue weighted by atomic mass is 35.5. The standard InChI is InChI=1S/C21H21ClO5/c1-5-6-11-14-18-12(7-8-21(3,4)27-18)17-15(13(23)9-10(2)25-17)19(14)26-20(24)16(11)22/h7-8,10H,5-6,9H2,1-4H3. The summed E-state index contributed by atoms with van der Waals surface area (Å²) in [6, 6.07) is 0. The Kier molecular flexibility index (Phi) is 4.11. The zero-order valence-electron chi connectivity index (χ0n) is 15.8. The topological polar surface area (TPSA) is 65.7 Å². The summed E-state index contributed by atoms with van der Waals surface area (Å²) < 4.78 is 17.8. The number of Topliss-reactive ketones (excluding diaryl/α,β-unsaturated/α-hetero) is 1. The molecule has 0 aliphatic carbocycles. The summed E-state index contributed by atoms with van der Waals surface area (Å²) in [5.41, 5.74) is 0.670. The van der Waals surface area contributed by atoms with Crippen LogP contribution in [0.3, 0.4) is 0 Å². The highest BCUT2D eigenvalue weighted by molar-refractivity contribution is 6.32. The molecule has 5 nitrogen and oxygen atoms in total. The summed E-state index contributed by atoms with van der Waals surface area (Å²) in [5, 5.41) is 0.638. The first-order valence-electron chi connectivity index (χ1n) is 9.16. The second kappa shape index (κ2) is 6.13. The first-order valence-corrected chi connectivity index (χ1v) is 9.54. The van der Waals surface area contributed by atoms with Crippen LogP contribution >= 0.6 is 11.6 Å². The summed E-state index contributed by atoms with van der Waals surface area (Å²) in [6.07, 6.45) is 5.16. The average molecular weight is 389 g/mol. The Labute approximate surface area is 161 Å². The molecule has 1 unspecified atom stereocenters. The van der Waals surface area contributed by atoms with Crippen molar-refractivity contribution in [1.29, 1.82) is 0 Å². The second-order valence-electron chi connectivity index (χ2n) is 7.68. The SMILES string of the molecule is CCCc1c(Cl)c(=O)oc2c3c(c4c(c12)OC(C)(C)C=C4)OC(C)CC3=O. The molecule has 0 saturated carbocycles. The van der Waals surface area contributed by atoms with Crippen LogP contribution < -0.4 is 15.1 Å². The third kappa shape index (κ3) is 2.76. The van der Waals surface area contributed by atoms with Crippen LogP contribution in [0.1, 0.15) is 62.0 Å². The molecule has 0 amide bonds. The molecule has 27 heavy (non-hydrogen) atoms. The van der Waals surface area contributed by atoms with Gasteiger partial charge in [-0.05, 0) is 44.9 Å². The van der Waals surface area contributed by atoms with Gasteiger partial charge in [-0.25, -0.2) is 4.79 Å². The van der Waals surface area contributed by atoms with Crippen molar-refractivity contribution in [3.05, 3.63) is 38.2 Å². The Balaban J connectivity index is 2.22. The molecule has 1 aromatic carbocycles. The summed E-state index contributed by atoms with van der Waals surface area (Å²) in [4.78, 5) is 25.2. The predicted molar refractivity (Wildman–Crippen MR) is 104 cm³/mol. The third-order valence-electron chi connectivity index (χ3n) is 4.93. The molecule has 0 radical (unpaired) electrons. The molecule has 6 heteroatoms. The van der Waals surface area contributed by atoms with E-state index in [0.29, 0.717) is 40.0 Å². The number of aryl methyl sites for hydroxylation is 1. The number of hydrogen-bond donors (Lipinski definition) is 0. The average Bonchev–Trinajstić information content (AvgIpc) is 2.57. The van der Waals surface area contributed by atoms with Gasteiger partial charge in [0.05, 0.1) is 10.9 Å². The maximum absolute atomic E-state index is 12.8. The fourth-order valence-electron chi connectivity index (χ4n) is 3.76. The van der Waals surface area contributed by atoms with Crippen molar-refractivity contribution < 1.29 is 18.7 Å². The van der Waals surface area contributed by atoms with Crippen LogP contribution in [0.5, 0.6) is 11.5 Å². The summed E-state index contributed by atoms with van der Waals surface area (Å²) in [5.74, 6) is 0.857. The van der Waals surface area contributed by atoms with Gasteiger partial charge in [0.2, 0.25) is 0 Å². The summed E-state index contributed by atoms with van der Waals surface area (Å²) in [7, 11) is 0. The van der Waals surface area contributed by atoms with Crippen LogP contribution in [0.2, 0.25) is 5.02 Å². The smallest absolute Gasteiger partial charge is 0.355 e. The van der Waals surface area contributed by atoms with Crippen molar-refractivity contribution in [1.82, 2.24) is 0 Å². The predicted octanol–water partition coefficient (Wildman–Crippen LogP) is 4.94. The number of benzene rings is 1. The van der Waals surface area contributed by atoms with Crippen molar-refractivity contribution in [3.63, 3.8) is 0 Å². The molecule has 1 atom stereocenters. The van der Waals surface area contributed by atoms with Crippen molar-refractivity contribution >= 4 is 34.4 Å². The summed E-state index contributed by atoms with van der Waals surface area (Å²) in [6.45, 7) is 7.72. The summed E-state index contributed by atoms with van der Waals surface area (Å²) >= 11 is 6.31. The molecule has 0 saturated heterocycles. The van der Waals surface area contributed by atoms with E-state index in [2.05, 4.69) is 0 Å². The second-order valence-corrected chi connectivity index (χ2v) is 8.06. The van der Waals surface area contributed by atoms with Crippen LogP contribution in [0.4, 0.5) is 0 Å². The normalized spacial score (nSPS) is 20.0. The fourth-order valence-corrected chi connectivity index (χ4v) is 3.98. The zero-order chi connectivity index (χ0) is 19.5. The van der Waals surface area contributed by atoms with E-state index in [4.69, 9.17) is 25.5 Å². The van der Waals surface area contributed by atoms with Crippen LogP contribution in [-0.4, -0.2) is 17.5 Å². The van der Waals surface area contributed by atoms with E-state index in [9.17, 15) is 9.59 Å². The lowest BCUT2D eigenvalue weighted by molar-refractivity contribution is 0.0869. The van der Waals surface area contributed by atoms with Gasteiger partial charge in [0.1, 0.15) is 33.8 Å². The van der Waals surface area contributed by atoms with E-state index in [1.807, 2.05) is 39.8 Å². The number of ketones is 1. The van der Waals surface area contributed by atoms with Gasteiger partial charge in [-0.1, -0.05) is 24.9 Å². The van der Waals surface area contributed by atoms with Gasteiger partial charge in [-0.15, -0.1) is 0 Å². The molecule has 0 fully saturated rings. The van der Waals surface area contributed by atoms with E-state index >= 15 is 0 Å². The number of fused-ring (bicyclic) bond motifs is 6. The zero-order valence-corrected chi connectivity index (χ0v) is 16.5. The minimum Gasteiger partial charge on any atom is -0.489 e. The van der Waals surface area contributed by atoms with E-state index in [0.717, 1.165) is 6.42 Å². The van der Waals surface area contributed by atoms with Gasteiger partial charge >= 0.3 is 5.63 Å². The number of ether oxygens (including phenoxy) is 2. The molecule has 0 N–H and O–H groups in total. The number of carbonyl (C=O) groups is 1. The van der Waals surface area contributed by atoms with Gasteiger partial charge in [-0.3, -0.25) is 4.79 Å². The van der Waals surface area contributed by atoms with Gasteiger partial charge in [-0.2, -0.15) is 0 Å². The first-order chi connectivity index (χ1) is 12.7. The van der Waals surface area contributed by atoms with Gasteiger partial charge in [0.15, 0.2) is 11.4 Å². The number of rotatable bonds is 2. The Morgan fingerprint density at radius 2 is 2.00 bits per heavy atom. The van der Waals surface area contributed by atoms with Crippen molar-refractivity contribution in [2.24, 2.45) is 0 Å². The van der Waals surface area contributed by atoms with E-state index in [-0.39, 0.29) is 28.9 Å². The molecule has 2 aliphatic rings. The number of hydrogen-bond acceptors (Lipinski definition) is 5. The van der Waals surface area contributed by atoms with Gasteiger partial charge in [0.25, 0.3) is 0 Å². The molecule has 3 heterocycles. The molecule has 142 valence electrons. The monoisotopic (exact) mass is 388 g/mol. The van der Waals surface area contributed by atoms with Crippen molar-refractivity contribution in [2.75, 3.05) is 0 Å². The van der Waals surface area contributed by atoms with Crippen LogP contribution in [0.15, 0.2) is 15.3 Å². The Morgan fingerprint density at radius 3 is 2.70 bits per heavy atom. The van der Waals surface area contributed by atoms with E-state index < -0.39 is 11.2 Å². The lowest BCUT2D eigenvalue weighted by Gasteiger charge is -2.33. The maximum Gasteiger partial charge on any atom is 0.355 e. The lowest BCUT2D eigenvalue weighted by Crippen LogP contribution is -2.30. The Bertz CT molecular complexity index is 1060. The molecule has 0 bridgehead atoms. The van der Waals surface area contributed by atoms with Crippen molar-refractivity contribution in [2.45, 2.75) is 58.7 Å². The molecular weight excluding hydrogens is 368 g/mol. The molecule has 2 aliphatic heterocycles.